The number of aliphatic hydroxyl groups is 4. The molecule has 1 unspecified atom stereocenters. The Kier molecular flexibility index (Phi) is 24.8. The van der Waals surface area contributed by atoms with Gasteiger partial charge in [0.1, 0.15) is 35.6 Å². The molecular formula is C61H100N6O18. The Labute approximate surface area is 501 Å². The molecule has 18 atom stereocenters. The quantitative estimate of drug-likeness (QED) is 0.0594. The molecule has 4 saturated heterocycles. The van der Waals surface area contributed by atoms with E-state index in [4.69, 9.17) is 42.7 Å². The van der Waals surface area contributed by atoms with E-state index in [2.05, 4.69) is 15.4 Å². The fourth-order valence-electron chi connectivity index (χ4n) is 12.8. The Morgan fingerprint density at radius 1 is 0.918 bits per heavy atom. The lowest BCUT2D eigenvalue weighted by molar-refractivity contribution is -0.318. The number of pyridine rings is 1. The molecule has 24 heteroatoms. The van der Waals surface area contributed by atoms with Crippen LogP contribution in [0.4, 0.5) is 0 Å². The summed E-state index contributed by atoms with van der Waals surface area (Å²) < 4.78 is 52.3. The van der Waals surface area contributed by atoms with Crippen molar-refractivity contribution in [3.8, 4) is 0 Å². The number of rotatable bonds is 21. The number of carboxylic acid groups (broad SMARTS) is 1. The van der Waals surface area contributed by atoms with Gasteiger partial charge in [0, 0.05) is 89.2 Å². The highest BCUT2D eigenvalue weighted by Crippen LogP contribution is 2.42. The molecule has 85 heavy (non-hydrogen) atoms. The number of hydrogen-bond donors (Lipinski definition) is 6. The van der Waals surface area contributed by atoms with Gasteiger partial charge in [0.2, 0.25) is 5.43 Å². The second kappa shape index (κ2) is 30.2. The van der Waals surface area contributed by atoms with E-state index in [0.29, 0.717) is 68.7 Å². The number of oxime groups is 1. The molecule has 0 radical (unpaired) electrons. The van der Waals surface area contributed by atoms with Crippen LogP contribution in [0.1, 0.15) is 124 Å². The number of esters is 2. The third kappa shape index (κ3) is 17.1. The molecule has 1 aromatic heterocycles. The van der Waals surface area contributed by atoms with Gasteiger partial charge < -0.3 is 83.5 Å². The number of cyclic esters (lactones) is 1. The minimum atomic E-state index is -2.01. The molecule has 0 aliphatic carbocycles. The van der Waals surface area contributed by atoms with Gasteiger partial charge in [0.15, 0.2) is 18.7 Å². The zero-order chi connectivity index (χ0) is 62.9. The van der Waals surface area contributed by atoms with E-state index < -0.39 is 119 Å². The van der Waals surface area contributed by atoms with Crippen molar-refractivity contribution < 1.29 is 82.6 Å². The average Bonchev–Trinajstić information content (AvgIpc) is 2.34. The lowest BCUT2D eigenvalue weighted by atomic mass is 9.73. The van der Waals surface area contributed by atoms with E-state index in [1.807, 2.05) is 38.9 Å². The van der Waals surface area contributed by atoms with Crippen molar-refractivity contribution in [1.82, 2.24) is 19.8 Å². The number of nitrogens with one attached hydrogen (secondary N) is 1. The first-order chi connectivity index (χ1) is 40.0. The van der Waals surface area contributed by atoms with Crippen molar-refractivity contribution in [3.63, 3.8) is 0 Å². The molecule has 2 aromatic rings. The van der Waals surface area contributed by atoms with Crippen LogP contribution in [-0.4, -0.2) is 236 Å². The van der Waals surface area contributed by atoms with Crippen molar-refractivity contribution in [2.45, 2.75) is 198 Å². The minimum absolute atomic E-state index is 0.0115. The number of aliphatic hydroxyl groups excluding tert-OH is 2. The summed E-state index contributed by atoms with van der Waals surface area (Å²) in [6, 6.07) is 5.07. The van der Waals surface area contributed by atoms with Crippen molar-refractivity contribution in [1.29, 1.82) is 0 Å². The Morgan fingerprint density at radius 2 is 1.61 bits per heavy atom. The molecule has 0 amide bonds. The van der Waals surface area contributed by atoms with Crippen LogP contribution in [0.15, 0.2) is 34.3 Å². The minimum Gasteiger partial charge on any atom is -0.477 e. The van der Waals surface area contributed by atoms with Crippen LogP contribution in [0.2, 0.25) is 0 Å². The summed E-state index contributed by atoms with van der Waals surface area (Å²) in [6.45, 7) is 21.4. The zero-order valence-electron chi connectivity index (χ0n) is 52.9. The maximum absolute atomic E-state index is 14.8. The van der Waals surface area contributed by atoms with Gasteiger partial charge >= 0.3 is 17.9 Å². The first kappa shape index (κ1) is 69.7. The summed E-state index contributed by atoms with van der Waals surface area (Å²) in [4.78, 5) is 63.4. The van der Waals surface area contributed by atoms with Gasteiger partial charge in [-0.05, 0) is 112 Å². The SMILES string of the molecule is CC[C@H]1OC(=O)[C@H](C)[C@@H](O[C@H]2C[C@@](C)(OC)[C@@H](OC(=O)CCNCCCc3ccc4c(c3)c(=O)c(C(=O)O)cn4N(C)C)[C@H](C)O2)[C@H](C)[C@@H](O[C@@H]2O[C@H](C)C[C@H](N(C)C)[C@H]2O)[C@](C)(O)C[C@@H](C)/C(=N\OCCN2CCOCC2)C(C)[C@@H](O)[C@]1(C)O. The summed E-state index contributed by atoms with van der Waals surface area (Å²) in [5.74, 6) is -6.14. The highest BCUT2D eigenvalue weighted by molar-refractivity contribution is 5.93. The Bertz CT molecular complexity index is 2610. The largest absolute Gasteiger partial charge is 0.477 e. The number of fused-ring (bicyclic) bond motifs is 1. The zero-order valence-corrected chi connectivity index (χ0v) is 52.9. The number of aromatic carboxylic acids is 1. The third-order valence-electron chi connectivity index (χ3n) is 17.9. The third-order valence-corrected chi connectivity index (χ3v) is 17.9. The Balaban J connectivity index is 1.21. The first-order valence-electron chi connectivity index (χ1n) is 30.3. The molecule has 6 rings (SSSR count). The first-order valence-corrected chi connectivity index (χ1v) is 30.3. The molecule has 4 aliphatic heterocycles. The summed E-state index contributed by atoms with van der Waals surface area (Å²) in [5, 5.41) is 69.0. The molecule has 0 spiro atoms. The Hall–Kier alpha value is -4.41. The monoisotopic (exact) mass is 1200 g/mol. The number of hydrogen-bond acceptors (Lipinski definition) is 22. The number of carbonyl (C=O) groups excluding carboxylic acids is 2. The lowest BCUT2D eigenvalue weighted by Crippen LogP contribution is -2.61. The topological polar surface area (TPSA) is 292 Å². The molecule has 4 aliphatic rings. The van der Waals surface area contributed by atoms with Crippen molar-refractivity contribution >= 4 is 34.5 Å². The number of carbonyl (C=O) groups is 3. The number of ether oxygens (including phenoxy) is 8. The molecule has 482 valence electrons. The number of carboxylic acids is 1. The fourth-order valence-corrected chi connectivity index (χ4v) is 12.8. The lowest BCUT2D eigenvalue weighted by Gasteiger charge is -2.49. The number of likely N-dealkylation sites (N-methyl/N-ethyl adjacent to an activating group) is 1. The highest BCUT2D eigenvalue weighted by Gasteiger charge is 2.54. The van der Waals surface area contributed by atoms with E-state index in [-0.39, 0.29) is 50.0 Å². The van der Waals surface area contributed by atoms with Gasteiger partial charge in [-0.3, -0.25) is 24.0 Å². The summed E-state index contributed by atoms with van der Waals surface area (Å²) in [6.07, 6.45) is -7.56. The molecule has 24 nitrogen and oxygen atoms in total. The van der Waals surface area contributed by atoms with Crippen molar-refractivity contribution in [3.05, 3.63) is 45.7 Å². The number of aryl methyl sites for hydroxylation is 1. The second-order valence-electron chi connectivity index (χ2n) is 25.2. The van der Waals surface area contributed by atoms with E-state index >= 15 is 0 Å². The second-order valence-corrected chi connectivity index (χ2v) is 25.2. The van der Waals surface area contributed by atoms with Crippen molar-refractivity contribution in [2.24, 2.45) is 28.8 Å². The summed E-state index contributed by atoms with van der Waals surface area (Å²) in [7, 11) is 8.73. The predicted octanol–water partition coefficient (Wildman–Crippen LogP) is 3.30. The fraction of sp³-hybridized carbons (Fsp3) is 0.787. The number of benzene rings is 1. The Morgan fingerprint density at radius 3 is 2.25 bits per heavy atom. The average molecular weight is 1210 g/mol. The molecule has 0 saturated carbocycles. The normalized spacial score (nSPS) is 36.2. The molecule has 6 N–H and O–H groups in total. The van der Waals surface area contributed by atoms with Crippen LogP contribution >= 0.6 is 0 Å². The number of nitrogens with zero attached hydrogens (tertiary/aromatic N) is 5. The van der Waals surface area contributed by atoms with Crippen LogP contribution in [0, 0.1) is 23.7 Å². The number of morpholine rings is 1. The smallest absolute Gasteiger partial charge is 0.341 e. The van der Waals surface area contributed by atoms with Gasteiger partial charge in [0.25, 0.3) is 0 Å². The van der Waals surface area contributed by atoms with Crippen LogP contribution in [0.5, 0.6) is 0 Å². The van der Waals surface area contributed by atoms with E-state index in [0.717, 1.165) is 18.7 Å². The molecule has 1 aromatic carbocycles. The maximum Gasteiger partial charge on any atom is 0.341 e. The maximum atomic E-state index is 14.8. The number of methoxy groups -OCH3 is 1. The van der Waals surface area contributed by atoms with Crippen LogP contribution in [0.3, 0.4) is 0 Å². The van der Waals surface area contributed by atoms with E-state index in [1.165, 1.54) is 20.2 Å². The van der Waals surface area contributed by atoms with Crippen LogP contribution < -0.4 is 15.8 Å². The van der Waals surface area contributed by atoms with Gasteiger partial charge in [0.05, 0.1) is 72.9 Å². The van der Waals surface area contributed by atoms with Gasteiger partial charge in [-0.25, -0.2) is 4.79 Å². The summed E-state index contributed by atoms with van der Waals surface area (Å²) >= 11 is 0. The molecule has 4 fully saturated rings. The van der Waals surface area contributed by atoms with Crippen molar-refractivity contribution in [2.75, 3.05) is 92.9 Å². The molecule has 5 heterocycles. The number of aromatic nitrogens is 1. The molecular weight excluding hydrogens is 1100 g/mol. The highest BCUT2D eigenvalue weighted by atomic mass is 16.7. The standard InChI is InChI=1S/C61H100N6O18/c1-16-46-61(10,76)53(71)37(4)49(63-79-29-26-66-24-27-78-28-25-66)35(2)32-59(8,75)54(85-58-51(70)45(64(11)12)30-36(3)80-58)38(5)52(39(6)57(74)82-46)84-48-33-60(9,77-15)55(40(7)81-48)83-47(68)21-23-62-22-17-18-41-19-20-44-42(31-41)50(69)43(56(72)73)34-67(44)65(13)14/h19-20,31,34-40,45-46,48,51-55,58,62,70-71,75-76H,16-18,21-30,32-33H2,1-15H3,(H,72,73)/b63-49+/t35-,36-,37?,38+,39-,40+,45+,46-,48+,51-,52+,53-,54-,55+,58+,59-,60-,61-/m1/s1. The van der Waals surface area contributed by atoms with E-state index in [9.17, 15) is 44.7 Å². The van der Waals surface area contributed by atoms with Crippen LogP contribution in [-0.2, 0) is 58.7 Å². The van der Waals surface area contributed by atoms with E-state index in [1.54, 1.807) is 84.4 Å². The van der Waals surface area contributed by atoms with Crippen LogP contribution in [0.25, 0.3) is 10.9 Å². The van der Waals surface area contributed by atoms with Gasteiger partial charge in [-0.2, -0.15) is 0 Å². The molecule has 0 bridgehead atoms. The van der Waals surface area contributed by atoms with Gasteiger partial charge in [-0.15, -0.1) is 0 Å². The summed E-state index contributed by atoms with van der Waals surface area (Å²) in [5.41, 5.74) is -4.08. The van der Waals surface area contributed by atoms with Gasteiger partial charge in [-0.1, -0.05) is 38.9 Å². The predicted molar refractivity (Wildman–Crippen MR) is 317 cm³/mol.